The molecule has 24 heavy (non-hydrogen) atoms. The maximum atomic E-state index is 13.5. The lowest BCUT2D eigenvalue weighted by atomic mass is 10.1. The van der Waals surface area contributed by atoms with Gasteiger partial charge >= 0.3 is 6.09 Å². The van der Waals surface area contributed by atoms with Gasteiger partial charge in [-0.2, -0.15) is 0 Å². The number of halogens is 1. The van der Waals surface area contributed by atoms with E-state index in [0.29, 0.717) is 24.1 Å². The number of rotatable bonds is 5. The van der Waals surface area contributed by atoms with Gasteiger partial charge in [0, 0.05) is 5.69 Å². The summed E-state index contributed by atoms with van der Waals surface area (Å²) in [5, 5.41) is 11.9. The van der Waals surface area contributed by atoms with E-state index in [1.165, 1.54) is 6.07 Å². The molecule has 124 valence electrons. The van der Waals surface area contributed by atoms with Gasteiger partial charge in [0.15, 0.2) is 17.9 Å². The molecule has 0 aromatic heterocycles. The highest BCUT2D eigenvalue weighted by molar-refractivity contribution is 5.85. The molecule has 5 nitrogen and oxygen atoms in total. The lowest BCUT2D eigenvalue weighted by Crippen LogP contribution is -2.12. The highest BCUT2D eigenvalue weighted by Gasteiger charge is 2.07. The average Bonchev–Trinajstić information content (AvgIpc) is 2.57. The van der Waals surface area contributed by atoms with Crippen LogP contribution in [0.5, 0.6) is 5.75 Å². The van der Waals surface area contributed by atoms with Crippen LogP contribution in [0.15, 0.2) is 36.4 Å². The van der Waals surface area contributed by atoms with E-state index in [2.05, 4.69) is 5.32 Å². The molecule has 0 bridgehead atoms. The molecule has 0 fully saturated rings. The number of phenols is 1. The van der Waals surface area contributed by atoms with Crippen LogP contribution >= 0.6 is 0 Å². The fourth-order valence-corrected chi connectivity index (χ4v) is 1.98. The van der Waals surface area contributed by atoms with E-state index in [1.54, 1.807) is 43.3 Å². The molecule has 0 saturated carbocycles. The average molecular weight is 329 g/mol. The Kier molecular flexibility index (Phi) is 5.68. The summed E-state index contributed by atoms with van der Waals surface area (Å²) in [5.41, 5.74) is 1.74. The smallest absolute Gasteiger partial charge is 0.411 e. The Morgan fingerprint density at radius 2 is 1.88 bits per heavy atom. The van der Waals surface area contributed by atoms with Gasteiger partial charge in [0.05, 0.1) is 12.2 Å². The summed E-state index contributed by atoms with van der Waals surface area (Å²) < 4.78 is 18.3. The van der Waals surface area contributed by atoms with Crippen molar-refractivity contribution in [2.24, 2.45) is 0 Å². The first-order valence-corrected chi connectivity index (χ1v) is 7.23. The monoisotopic (exact) mass is 329 g/mol. The molecular formula is C18H16FNO4. The summed E-state index contributed by atoms with van der Waals surface area (Å²) in [7, 11) is 0. The van der Waals surface area contributed by atoms with Gasteiger partial charge in [0.2, 0.25) is 0 Å². The van der Waals surface area contributed by atoms with Crippen LogP contribution in [0, 0.1) is 5.82 Å². The molecule has 0 aliphatic heterocycles. The van der Waals surface area contributed by atoms with Gasteiger partial charge in [0.25, 0.3) is 0 Å². The third-order valence-corrected chi connectivity index (χ3v) is 3.14. The summed E-state index contributed by atoms with van der Waals surface area (Å²) in [5.74, 6) is -1.51. The molecule has 2 aromatic carbocycles. The first-order chi connectivity index (χ1) is 11.5. The lowest BCUT2D eigenvalue weighted by Gasteiger charge is -2.05. The second kappa shape index (κ2) is 7.92. The molecule has 2 rings (SSSR count). The molecule has 0 spiro atoms. The number of carbonyl (C=O) groups is 2. The molecule has 0 aliphatic carbocycles. The molecule has 0 radical (unpaired) electrons. The van der Waals surface area contributed by atoms with Crippen molar-refractivity contribution in [2.75, 3.05) is 11.9 Å². The van der Waals surface area contributed by atoms with E-state index >= 15 is 0 Å². The predicted molar refractivity (Wildman–Crippen MR) is 89.5 cm³/mol. The second-order valence-corrected chi connectivity index (χ2v) is 4.86. The van der Waals surface area contributed by atoms with Gasteiger partial charge < -0.3 is 9.84 Å². The van der Waals surface area contributed by atoms with Crippen LogP contribution in [-0.2, 0) is 4.74 Å². The number of hydrogen-bond donors (Lipinski definition) is 2. The summed E-state index contributed by atoms with van der Waals surface area (Å²) in [6.45, 7) is 2.01. The molecule has 0 saturated heterocycles. The first kappa shape index (κ1) is 17.2. The number of carbonyl (C=O) groups excluding carboxylic acids is 2. The van der Waals surface area contributed by atoms with Gasteiger partial charge in [-0.05, 0) is 42.3 Å². The number of phenolic OH excluding ortho intramolecular Hbond substituents is 1. The normalized spacial score (nSPS) is 10.6. The molecule has 6 heteroatoms. The summed E-state index contributed by atoms with van der Waals surface area (Å²) in [6, 6.07) is 9.44. The van der Waals surface area contributed by atoms with E-state index in [-0.39, 0.29) is 5.56 Å². The molecule has 1 amide bonds. The molecule has 0 unspecified atom stereocenters. The van der Waals surface area contributed by atoms with Crippen molar-refractivity contribution in [2.45, 2.75) is 6.92 Å². The number of aromatic hydroxyl groups is 1. The number of anilines is 1. The molecule has 0 heterocycles. The quantitative estimate of drug-likeness (QED) is 0.640. The zero-order valence-electron chi connectivity index (χ0n) is 13.0. The number of benzene rings is 2. The lowest BCUT2D eigenvalue weighted by molar-refractivity contribution is 0.112. The van der Waals surface area contributed by atoms with Gasteiger partial charge in [0.1, 0.15) is 0 Å². The Morgan fingerprint density at radius 3 is 2.50 bits per heavy atom. The van der Waals surface area contributed by atoms with Crippen molar-refractivity contribution in [1.82, 2.24) is 0 Å². The van der Waals surface area contributed by atoms with Crippen molar-refractivity contribution in [3.63, 3.8) is 0 Å². The molecular weight excluding hydrogens is 313 g/mol. The fraction of sp³-hybridized carbons (Fsp3) is 0.111. The van der Waals surface area contributed by atoms with Crippen molar-refractivity contribution in [3.05, 3.63) is 58.9 Å². The van der Waals surface area contributed by atoms with Crippen LogP contribution in [0.25, 0.3) is 12.2 Å². The zero-order chi connectivity index (χ0) is 17.5. The van der Waals surface area contributed by atoms with Crippen molar-refractivity contribution < 1.29 is 23.8 Å². The number of amides is 1. The van der Waals surface area contributed by atoms with E-state index in [1.807, 2.05) is 0 Å². The second-order valence-electron chi connectivity index (χ2n) is 4.86. The summed E-state index contributed by atoms with van der Waals surface area (Å²) >= 11 is 0. The Hall–Kier alpha value is -3.15. The minimum Gasteiger partial charge on any atom is -0.504 e. The van der Waals surface area contributed by atoms with E-state index < -0.39 is 17.7 Å². The highest BCUT2D eigenvalue weighted by atomic mass is 19.1. The third-order valence-electron chi connectivity index (χ3n) is 3.14. The van der Waals surface area contributed by atoms with Crippen LogP contribution in [-0.4, -0.2) is 24.1 Å². The zero-order valence-corrected chi connectivity index (χ0v) is 13.0. The molecule has 2 N–H and O–H groups in total. The van der Waals surface area contributed by atoms with Gasteiger partial charge in [-0.25, -0.2) is 9.18 Å². The van der Waals surface area contributed by atoms with Crippen molar-refractivity contribution >= 4 is 30.2 Å². The largest absolute Gasteiger partial charge is 0.504 e. The van der Waals surface area contributed by atoms with Crippen LogP contribution in [0.3, 0.4) is 0 Å². The number of ether oxygens (including phenoxy) is 1. The number of hydrogen-bond acceptors (Lipinski definition) is 4. The molecule has 0 aliphatic rings. The first-order valence-electron chi connectivity index (χ1n) is 7.23. The summed E-state index contributed by atoms with van der Waals surface area (Å²) in [6.07, 6.45) is 3.20. The third kappa shape index (κ3) is 4.42. The number of aldehydes is 1. The maximum Gasteiger partial charge on any atom is 0.411 e. The molecule has 2 aromatic rings. The number of nitrogens with one attached hydrogen (secondary N) is 1. The maximum absolute atomic E-state index is 13.5. The van der Waals surface area contributed by atoms with Crippen LogP contribution in [0.4, 0.5) is 14.9 Å². The Morgan fingerprint density at radius 1 is 1.21 bits per heavy atom. The topological polar surface area (TPSA) is 75.6 Å². The standard InChI is InChI=1S/C18H16FNO4/c1-2-24-18(23)20-15-7-5-12(6-8-15)3-4-13-9-14(11-21)17(22)16(19)10-13/h3-11,22H,2H2,1H3,(H,20,23)/b4-3+. The van der Waals surface area contributed by atoms with Gasteiger partial charge in [-0.3, -0.25) is 10.1 Å². The molecule has 0 atom stereocenters. The Balaban J connectivity index is 2.11. The highest BCUT2D eigenvalue weighted by Crippen LogP contribution is 2.23. The van der Waals surface area contributed by atoms with Gasteiger partial charge in [-0.1, -0.05) is 24.3 Å². The van der Waals surface area contributed by atoms with Crippen molar-refractivity contribution in [1.29, 1.82) is 0 Å². The fourth-order valence-electron chi connectivity index (χ4n) is 1.98. The Bertz CT molecular complexity index is 769. The van der Waals surface area contributed by atoms with E-state index in [9.17, 15) is 19.1 Å². The van der Waals surface area contributed by atoms with Gasteiger partial charge in [-0.15, -0.1) is 0 Å². The minimum absolute atomic E-state index is 0.108. The van der Waals surface area contributed by atoms with E-state index in [0.717, 1.165) is 11.6 Å². The van der Waals surface area contributed by atoms with Crippen molar-refractivity contribution in [3.8, 4) is 5.75 Å². The SMILES string of the molecule is CCOC(=O)Nc1ccc(/C=C/c2cc(F)c(O)c(C=O)c2)cc1. The predicted octanol–water partition coefficient (Wildman–Crippen LogP) is 4.08. The van der Waals surface area contributed by atoms with E-state index in [4.69, 9.17) is 4.74 Å². The Labute approximate surface area is 138 Å². The van der Waals surface area contributed by atoms with Crippen LogP contribution in [0.1, 0.15) is 28.4 Å². The summed E-state index contributed by atoms with van der Waals surface area (Å²) in [4.78, 5) is 22.1. The van der Waals surface area contributed by atoms with Crippen LogP contribution in [0.2, 0.25) is 0 Å². The minimum atomic E-state index is -0.853. The van der Waals surface area contributed by atoms with Crippen LogP contribution < -0.4 is 5.32 Å².